The van der Waals surface area contributed by atoms with Crippen LogP contribution >= 0.6 is 11.6 Å². The zero-order valence-corrected chi connectivity index (χ0v) is 13.0. The van der Waals surface area contributed by atoms with Gasteiger partial charge in [-0.25, -0.2) is 0 Å². The molecule has 106 valence electrons. The minimum absolute atomic E-state index is 0.0179. The van der Waals surface area contributed by atoms with Gasteiger partial charge < -0.3 is 0 Å². The topological polar surface area (TPSA) is 38.0 Å². The smallest absolute Gasteiger partial charge is 0.0515 e. The lowest BCUT2D eigenvalue weighted by Gasteiger charge is -2.19. The highest BCUT2D eigenvalue weighted by Crippen LogP contribution is 2.26. The SMILES string of the molecule is Cc1cc(C)cc(CC(NN)c2ccc(C)cc2Cl)c1. The standard InChI is InChI=1S/C17H21ClN2/c1-11-4-5-15(16(18)9-11)17(20-19)10-14-7-12(2)6-13(3)8-14/h4-9,17,20H,10,19H2,1-3H3. The third-order valence-corrected chi connectivity index (χ3v) is 3.78. The molecule has 0 aliphatic carbocycles. The van der Waals surface area contributed by atoms with E-state index in [9.17, 15) is 0 Å². The molecule has 1 atom stereocenters. The van der Waals surface area contributed by atoms with E-state index in [0.29, 0.717) is 0 Å². The molecule has 0 amide bonds. The molecule has 1 unspecified atom stereocenters. The highest BCUT2D eigenvalue weighted by atomic mass is 35.5. The molecule has 3 N–H and O–H groups in total. The Labute approximate surface area is 125 Å². The molecule has 0 saturated carbocycles. The molecule has 0 saturated heterocycles. The Kier molecular flexibility index (Phi) is 4.81. The van der Waals surface area contributed by atoms with Crippen LogP contribution in [0.1, 0.15) is 33.9 Å². The normalized spacial score (nSPS) is 12.4. The van der Waals surface area contributed by atoms with Gasteiger partial charge in [-0.1, -0.05) is 53.1 Å². The summed E-state index contributed by atoms with van der Waals surface area (Å²) in [5.74, 6) is 5.73. The van der Waals surface area contributed by atoms with Crippen molar-refractivity contribution in [2.24, 2.45) is 5.84 Å². The molecule has 0 spiro atoms. The summed E-state index contributed by atoms with van der Waals surface area (Å²) >= 11 is 6.34. The van der Waals surface area contributed by atoms with Crippen LogP contribution in [0.15, 0.2) is 36.4 Å². The summed E-state index contributed by atoms with van der Waals surface area (Å²) < 4.78 is 0. The average Bonchev–Trinajstić information content (AvgIpc) is 2.35. The first-order valence-corrected chi connectivity index (χ1v) is 7.16. The number of aryl methyl sites for hydroxylation is 3. The fourth-order valence-corrected chi connectivity index (χ4v) is 2.96. The highest BCUT2D eigenvalue weighted by molar-refractivity contribution is 6.31. The van der Waals surface area contributed by atoms with Crippen molar-refractivity contribution in [3.63, 3.8) is 0 Å². The van der Waals surface area contributed by atoms with Gasteiger partial charge in [-0.05, 0) is 49.9 Å². The zero-order valence-electron chi connectivity index (χ0n) is 12.2. The van der Waals surface area contributed by atoms with Crippen LogP contribution in [0.2, 0.25) is 5.02 Å². The summed E-state index contributed by atoms with van der Waals surface area (Å²) in [7, 11) is 0. The molecule has 0 aliphatic heterocycles. The van der Waals surface area contributed by atoms with Crippen LogP contribution in [-0.2, 0) is 6.42 Å². The fourth-order valence-electron chi connectivity index (χ4n) is 2.60. The first kappa shape index (κ1) is 15.0. The quantitative estimate of drug-likeness (QED) is 0.659. The molecule has 2 nitrogen and oxygen atoms in total. The number of hydrogen-bond acceptors (Lipinski definition) is 2. The van der Waals surface area contributed by atoms with Gasteiger partial charge >= 0.3 is 0 Å². The Morgan fingerprint density at radius 1 is 1.00 bits per heavy atom. The lowest BCUT2D eigenvalue weighted by Crippen LogP contribution is -2.29. The van der Waals surface area contributed by atoms with E-state index in [0.717, 1.165) is 22.6 Å². The predicted octanol–water partition coefficient (Wildman–Crippen LogP) is 4.01. The van der Waals surface area contributed by atoms with Crippen molar-refractivity contribution in [3.05, 3.63) is 69.2 Å². The molecule has 2 aromatic rings. The third-order valence-electron chi connectivity index (χ3n) is 3.45. The van der Waals surface area contributed by atoms with Crippen LogP contribution in [0.3, 0.4) is 0 Å². The van der Waals surface area contributed by atoms with Crippen molar-refractivity contribution in [1.82, 2.24) is 5.43 Å². The monoisotopic (exact) mass is 288 g/mol. The average molecular weight is 289 g/mol. The molecule has 2 aromatic carbocycles. The van der Waals surface area contributed by atoms with Crippen molar-refractivity contribution in [2.75, 3.05) is 0 Å². The van der Waals surface area contributed by atoms with Gasteiger partial charge in [-0.2, -0.15) is 0 Å². The fraction of sp³-hybridized carbons (Fsp3) is 0.294. The van der Waals surface area contributed by atoms with Crippen molar-refractivity contribution in [2.45, 2.75) is 33.2 Å². The first-order valence-electron chi connectivity index (χ1n) is 6.79. The highest BCUT2D eigenvalue weighted by Gasteiger charge is 2.14. The Hall–Kier alpha value is -1.35. The maximum atomic E-state index is 6.34. The number of benzene rings is 2. The van der Waals surface area contributed by atoms with Crippen LogP contribution in [0, 0.1) is 20.8 Å². The summed E-state index contributed by atoms with van der Waals surface area (Å²) in [4.78, 5) is 0. The van der Waals surface area contributed by atoms with Crippen molar-refractivity contribution in [1.29, 1.82) is 0 Å². The minimum atomic E-state index is 0.0179. The van der Waals surface area contributed by atoms with Gasteiger partial charge in [0.1, 0.15) is 0 Å². The van der Waals surface area contributed by atoms with Gasteiger partial charge in [0.05, 0.1) is 6.04 Å². The van der Waals surface area contributed by atoms with Gasteiger partial charge in [0.2, 0.25) is 0 Å². The van der Waals surface area contributed by atoms with Crippen LogP contribution in [0.5, 0.6) is 0 Å². The second kappa shape index (κ2) is 6.40. The molecule has 0 bridgehead atoms. The summed E-state index contributed by atoms with van der Waals surface area (Å²) in [6.07, 6.45) is 0.821. The molecular weight excluding hydrogens is 268 g/mol. The van der Waals surface area contributed by atoms with E-state index in [1.54, 1.807) is 0 Å². The van der Waals surface area contributed by atoms with E-state index in [1.807, 2.05) is 19.1 Å². The summed E-state index contributed by atoms with van der Waals surface area (Å²) in [5.41, 5.74) is 8.88. The predicted molar refractivity (Wildman–Crippen MR) is 85.9 cm³/mol. The number of halogens is 1. The van der Waals surface area contributed by atoms with E-state index >= 15 is 0 Å². The molecule has 0 aliphatic rings. The number of nitrogens with one attached hydrogen (secondary N) is 1. The first-order chi connectivity index (χ1) is 9.49. The maximum Gasteiger partial charge on any atom is 0.0515 e. The van der Waals surface area contributed by atoms with E-state index in [2.05, 4.69) is 43.5 Å². The van der Waals surface area contributed by atoms with Crippen LogP contribution < -0.4 is 11.3 Å². The number of nitrogens with two attached hydrogens (primary N) is 1. The van der Waals surface area contributed by atoms with Gasteiger partial charge in [0.15, 0.2) is 0 Å². The molecule has 2 rings (SSSR count). The Balaban J connectivity index is 2.28. The lowest BCUT2D eigenvalue weighted by atomic mass is 9.96. The van der Waals surface area contributed by atoms with Crippen LogP contribution in [0.4, 0.5) is 0 Å². The summed E-state index contributed by atoms with van der Waals surface area (Å²) in [5, 5.41) is 0.761. The zero-order chi connectivity index (χ0) is 14.7. The van der Waals surface area contributed by atoms with E-state index < -0.39 is 0 Å². The summed E-state index contributed by atoms with van der Waals surface area (Å²) in [6.45, 7) is 6.25. The Bertz CT molecular complexity index is 588. The van der Waals surface area contributed by atoms with Gasteiger partial charge in [0.25, 0.3) is 0 Å². The molecule has 0 heterocycles. The van der Waals surface area contributed by atoms with E-state index in [-0.39, 0.29) is 6.04 Å². The molecule has 0 radical (unpaired) electrons. The van der Waals surface area contributed by atoms with Crippen molar-refractivity contribution >= 4 is 11.6 Å². The second-order valence-corrected chi connectivity index (χ2v) is 5.85. The molecular formula is C17H21ClN2. The lowest BCUT2D eigenvalue weighted by molar-refractivity contribution is 0.552. The van der Waals surface area contributed by atoms with Crippen molar-refractivity contribution < 1.29 is 0 Å². The molecule has 0 aromatic heterocycles. The minimum Gasteiger partial charge on any atom is -0.271 e. The van der Waals surface area contributed by atoms with E-state index in [4.69, 9.17) is 17.4 Å². The Morgan fingerprint density at radius 2 is 1.65 bits per heavy atom. The largest absolute Gasteiger partial charge is 0.271 e. The Morgan fingerprint density at radius 3 is 2.20 bits per heavy atom. The van der Waals surface area contributed by atoms with Gasteiger partial charge in [0, 0.05) is 5.02 Å². The molecule has 3 heteroatoms. The second-order valence-electron chi connectivity index (χ2n) is 5.44. The van der Waals surface area contributed by atoms with Gasteiger partial charge in [-0.3, -0.25) is 11.3 Å². The van der Waals surface area contributed by atoms with Crippen LogP contribution in [0.25, 0.3) is 0 Å². The maximum absolute atomic E-state index is 6.34. The number of hydrazine groups is 1. The van der Waals surface area contributed by atoms with Crippen molar-refractivity contribution in [3.8, 4) is 0 Å². The number of hydrogen-bond donors (Lipinski definition) is 2. The molecule has 0 fully saturated rings. The van der Waals surface area contributed by atoms with E-state index in [1.165, 1.54) is 16.7 Å². The number of rotatable bonds is 4. The summed E-state index contributed by atoms with van der Waals surface area (Å²) in [6, 6.07) is 12.7. The third kappa shape index (κ3) is 3.60. The molecule has 20 heavy (non-hydrogen) atoms. The van der Waals surface area contributed by atoms with Crippen LogP contribution in [-0.4, -0.2) is 0 Å². The van der Waals surface area contributed by atoms with Gasteiger partial charge in [-0.15, -0.1) is 0 Å².